The van der Waals surface area contributed by atoms with Crippen LogP contribution in [0.15, 0.2) is 66.9 Å². The second kappa shape index (κ2) is 10.3. The molecule has 0 saturated heterocycles. The van der Waals surface area contributed by atoms with Crippen molar-refractivity contribution in [3.05, 3.63) is 94.8 Å². The van der Waals surface area contributed by atoms with Gasteiger partial charge in [0, 0.05) is 31.0 Å². The molecule has 0 radical (unpaired) electrons. The maximum atomic E-state index is 12.6. The van der Waals surface area contributed by atoms with E-state index in [9.17, 15) is 14.4 Å². The van der Waals surface area contributed by atoms with Crippen molar-refractivity contribution in [3.63, 3.8) is 0 Å². The predicted molar refractivity (Wildman–Crippen MR) is 123 cm³/mol. The fraction of sp³-hybridized carbons (Fsp3) is 0.154. The van der Waals surface area contributed by atoms with Crippen LogP contribution in [0.25, 0.3) is 12.2 Å². The quantitative estimate of drug-likeness (QED) is 0.349. The van der Waals surface area contributed by atoms with Gasteiger partial charge in [-0.1, -0.05) is 42.5 Å². The number of carbonyl (C=O) groups is 3. The number of esters is 1. The van der Waals surface area contributed by atoms with E-state index < -0.39 is 5.97 Å². The zero-order valence-electron chi connectivity index (χ0n) is 18.3. The number of hydrogen-bond donors (Lipinski definition) is 1. The van der Waals surface area contributed by atoms with Gasteiger partial charge in [-0.25, -0.2) is 4.79 Å². The number of Topliss-reactive ketones (excluding diaryl/α,β-unsaturated/α-hetero) is 1. The summed E-state index contributed by atoms with van der Waals surface area (Å²) in [6.07, 6.45) is 5.68. The van der Waals surface area contributed by atoms with Gasteiger partial charge < -0.3 is 10.1 Å². The highest BCUT2D eigenvalue weighted by Gasteiger charge is 2.15. The molecular formula is C26H25N2O4+. The fourth-order valence-electron chi connectivity index (χ4n) is 3.21. The molecule has 0 spiro atoms. The molecule has 3 aromatic rings. The molecular weight excluding hydrogens is 404 g/mol. The van der Waals surface area contributed by atoms with Gasteiger partial charge in [-0.15, -0.1) is 0 Å². The van der Waals surface area contributed by atoms with E-state index in [4.69, 9.17) is 4.74 Å². The van der Waals surface area contributed by atoms with Crippen LogP contribution in [-0.4, -0.2) is 24.8 Å². The van der Waals surface area contributed by atoms with Crippen molar-refractivity contribution in [2.75, 3.05) is 12.4 Å². The summed E-state index contributed by atoms with van der Waals surface area (Å²) in [5, 5.41) is 2.64. The Morgan fingerprint density at radius 2 is 1.66 bits per heavy atom. The molecule has 0 aliphatic rings. The molecule has 162 valence electrons. The number of nitrogens with zero attached hydrogens (tertiary/aromatic N) is 1. The van der Waals surface area contributed by atoms with Crippen LogP contribution >= 0.6 is 0 Å². The van der Waals surface area contributed by atoms with E-state index in [0.717, 1.165) is 16.8 Å². The highest BCUT2D eigenvalue weighted by atomic mass is 16.5. The number of carbonyl (C=O) groups excluding carboxylic acids is 3. The molecule has 32 heavy (non-hydrogen) atoms. The Kier molecular flexibility index (Phi) is 7.29. The van der Waals surface area contributed by atoms with E-state index in [1.165, 1.54) is 14.0 Å². The summed E-state index contributed by atoms with van der Waals surface area (Å²) in [6.45, 7) is 3.58. The summed E-state index contributed by atoms with van der Waals surface area (Å²) in [7, 11) is 1.30. The summed E-state index contributed by atoms with van der Waals surface area (Å²) in [6, 6.07) is 18.3. The molecule has 0 aliphatic carbocycles. The van der Waals surface area contributed by atoms with Crippen LogP contribution in [-0.2, 0) is 16.1 Å². The number of pyridine rings is 1. The van der Waals surface area contributed by atoms with Crippen molar-refractivity contribution in [1.82, 2.24) is 0 Å². The zero-order chi connectivity index (χ0) is 23.1. The van der Waals surface area contributed by atoms with Gasteiger partial charge >= 0.3 is 5.97 Å². The van der Waals surface area contributed by atoms with Crippen molar-refractivity contribution >= 4 is 35.5 Å². The van der Waals surface area contributed by atoms with Gasteiger partial charge in [-0.3, -0.25) is 9.59 Å². The topological polar surface area (TPSA) is 76.3 Å². The third-order valence-electron chi connectivity index (χ3n) is 4.91. The van der Waals surface area contributed by atoms with Gasteiger partial charge in [0.05, 0.1) is 18.4 Å². The van der Waals surface area contributed by atoms with E-state index in [2.05, 4.69) is 5.32 Å². The standard InChI is InChI=1S/C26H24N2O4/c1-18-9-10-21(16-28(18)17-25(30)22-7-5-4-6-8-22)12-11-20-13-14-24(27-19(2)29)23(15-20)26(31)32-3/h4-16H,17H2,1-3H3/p+1/b12-11+. The molecule has 0 unspecified atom stereocenters. The molecule has 2 aromatic carbocycles. The third kappa shape index (κ3) is 5.76. The molecule has 6 nitrogen and oxygen atoms in total. The zero-order valence-corrected chi connectivity index (χ0v) is 18.3. The minimum Gasteiger partial charge on any atom is -0.465 e. The van der Waals surface area contributed by atoms with Crippen LogP contribution in [0, 0.1) is 6.92 Å². The SMILES string of the molecule is COC(=O)c1cc(/C=C/c2ccc(C)[n+](CC(=O)c3ccccc3)c2)ccc1NC(C)=O. The largest absolute Gasteiger partial charge is 0.465 e. The van der Waals surface area contributed by atoms with Crippen molar-refractivity contribution in [2.24, 2.45) is 0 Å². The van der Waals surface area contributed by atoms with Crippen LogP contribution in [0.4, 0.5) is 5.69 Å². The highest BCUT2D eigenvalue weighted by Crippen LogP contribution is 2.20. The molecule has 6 heteroatoms. The van der Waals surface area contributed by atoms with E-state index in [1.807, 2.05) is 72.3 Å². The number of ketones is 1. The Morgan fingerprint density at radius 3 is 2.34 bits per heavy atom. The molecule has 3 rings (SSSR count). The second-order valence-electron chi connectivity index (χ2n) is 7.33. The van der Waals surface area contributed by atoms with E-state index in [-0.39, 0.29) is 23.8 Å². The monoisotopic (exact) mass is 429 g/mol. The minimum absolute atomic E-state index is 0.0381. The smallest absolute Gasteiger partial charge is 0.339 e. The highest BCUT2D eigenvalue weighted by molar-refractivity contribution is 6.01. The van der Waals surface area contributed by atoms with E-state index in [0.29, 0.717) is 11.3 Å². The first-order valence-corrected chi connectivity index (χ1v) is 10.1. The molecule has 1 amide bonds. The molecule has 0 aliphatic heterocycles. The van der Waals surface area contributed by atoms with Crippen molar-refractivity contribution in [3.8, 4) is 0 Å². The number of benzene rings is 2. The number of rotatable bonds is 7. The Labute approximate surface area is 187 Å². The number of methoxy groups -OCH3 is 1. The molecule has 1 heterocycles. The first kappa shape index (κ1) is 22.6. The lowest BCUT2D eigenvalue weighted by molar-refractivity contribution is -0.689. The average Bonchev–Trinajstić information content (AvgIpc) is 2.80. The first-order valence-electron chi connectivity index (χ1n) is 10.1. The number of nitrogens with one attached hydrogen (secondary N) is 1. The lowest BCUT2D eigenvalue weighted by atomic mass is 10.1. The summed E-state index contributed by atoms with van der Waals surface area (Å²) in [4.78, 5) is 36.1. The van der Waals surface area contributed by atoms with Gasteiger partial charge in [-0.05, 0) is 29.8 Å². The van der Waals surface area contributed by atoms with Gasteiger partial charge in [-0.2, -0.15) is 4.57 Å². The van der Waals surface area contributed by atoms with Gasteiger partial charge in [0.2, 0.25) is 18.2 Å². The maximum Gasteiger partial charge on any atom is 0.339 e. The lowest BCUT2D eigenvalue weighted by Crippen LogP contribution is -2.40. The van der Waals surface area contributed by atoms with Crippen LogP contribution in [0.5, 0.6) is 0 Å². The van der Waals surface area contributed by atoms with Crippen LogP contribution in [0.3, 0.4) is 0 Å². The minimum atomic E-state index is -0.531. The molecule has 0 atom stereocenters. The number of aromatic nitrogens is 1. The van der Waals surface area contributed by atoms with Gasteiger partial charge in [0.15, 0.2) is 11.9 Å². The molecule has 0 saturated carbocycles. The number of amides is 1. The predicted octanol–water partition coefficient (Wildman–Crippen LogP) is 4.08. The Morgan fingerprint density at radius 1 is 0.969 bits per heavy atom. The molecule has 0 fully saturated rings. The summed E-state index contributed by atoms with van der Waals surface area (Å²) >= 11 is 0. The number of anilines is 1. The van der Waals surface area contributed by atoms with Crippen molar-refractivity contribution in [2.45, 2.75) is 20.4 Å². The first-order chi connectivity index (χ1) is 15.4. The molecule has 0 bridgehead atoms. The normalized spacial score (nSPS) is 10.7. The Hall–Kier alpha value is -4.06. The molecule has 1 N–H and O–H groups in total. The Bertz CT molecular complexity index is 1180. The van der Waals surface area contributed by atoms with Gasteiger partial charge in [0.1, 0.15) is 0 Å². The third-order valence-corrected chi connectivity index (χ3v) is 4.91. The average molecular weight is 429 g/mol. The number of ether oxygens (including phenoxy) is 1. The molecule has 1 aromatic heterocycles. The van der Waals surface area contributed by atoms with Crippen LogP contribution in [0.1, 0.15) is 44.5 Å². The van der Waals surface area contributed by atoms with Crippen LogP contribution < -0.4 is 9.88 Å². The number of aryl methyl sites for hydroxylation is 1. The van der Waals surface area contributed by atoms with E-state index >= 15 is 0 Å². The van der Waals surface area contributed by atoms with Crippen molar-refractivity contribution in [1.29, 1.82) is 0 Å². The Balaban J connectivity index is 1.83. The van der Waals surface area contributed by atoms with Crippen molar-refractivity contribution < 1.29 is 23.7 Å². The van der Waals surface area contributed by atoms with Crippen LogP contribution in [0.2, 0.25) is 0 Å². The second-order valence-corrected chi connectivity index (χ2v) is 7.33. The lowest BCUT2D eigenvalue weighted by Gasteiger charge is -2.09. The maximum absolute atomic E-state index is 12.6. The van der Waals surface area contributed by atoms with Gasteiger partial charge in [0.25, 0.3) is 0 Å². The fourth-order valence-corrected chi connectivity index (χ4v) is 3.21. The van der Waals surface area contributed by atoms with E-state index in [1.54, 1.807) is 18.2 Å². The number of hydrogen-bond acceptors (Lipinski definition) is 4. The summed E-state index contributed by atoms with van der Waals surface area (Å²) in [5.74, 6) is -0.764. The summed E-state index contributed by atoms with van der Waals surface area (Å²) in [5.41, 5.74) is 3.99. The summed E-state index contributed by atoms with van der Waals surface area (Å²) < 4.78 is 6.74.